The lowest BCUT2D eigenvalue weighted by Crippen LogP contribution is -2.34. The first-order valence-electron chi connectivity index (χ1n) is 7.99. The molecule has 0 aliphatic heterocycles. The number of carbonyl (C=O) groups excluding carboxylic acids is 2. The molecule has 7 nitrogen and oxygen atoms in total. The summed E-state index contributed by atoms with van der Waals surface area (Å²) in [5.41, 5.74) is -0.483. The van der Waals surface area contributed by atoms with Gasteiger partial charge in [-0.1, -0.05) is 29.0 Å². The van der Waals surface area contributed by atoms with Crippen LogP contribution in [0, 0.1) is 0 Å². The van der Waals surface area contributed by atoms with Crippen molar-refractivity contribution >= 4 is 61.3 Å². The molecule has 0 fully saturated rings. The highest BCUT2D eigenvalue weighted by atomic mass is 35.5. The van der Waals surface area contributed by atoms with Gasteiger partial charge in [0, 0.05) is 0 Å². The van der Waals surface area contributed by atoms with E-state index in [1.165, 1.54) is 0 Å². The molecule has 13 heteroatoms. The van der Waals surface area contributed by atoms with Gasteiger partial charge in [0.05, 0.1) is 32.1 Å². The number of anilines is 1. The van der Waals surface area contributed by atoms with Crippen molar-refractivity contribution in [2.45, 2.75) is 11.9 Å². The van der Waals surface area contributed by atoms with Crippen molar-refractivity contribution in [3.8, 4) is 0 Å². The highest BCUT2D eigenvalue weighted by molar-refractivity contribution is 7.78. The predicted molar refractivity (Wildman–Crippen MR) is 107 cm³/mol. The number of carbonyl (C=O) groups is 2. The lowest BCUT2D eigenvalue weighted by Gasteiger charge is -2.10. The number of urea groups is 1. The van der Waals surface area contributed by atoms with E-state index >= 15 is 0 Å². The first-order valence-corrected chi connectivity index (χ1v) is 10.5. The third-order valence-electron chi connectivity index (χ3n) is 3.73. The number of nitrogens with one attached hydrogen (secondary N) is 2. The maximum Gasteiger partial charge on any atom is 0.416 e. The molecule has 3 aromatic rings. The van der Waals surface area contributed by atoms with E-state index in [0.29, 0.717) is 21.8 Å². The molecule has 0 aliphatic rings. The van der Waals surface area contributed by atoms with E-state index in [9.17, 15) is 27.0 Å². The summed E-state index contributed by atoms with van der Waals surface area (Å²) in [7, 11) is 0. The van der Waals surface area contributed by atoms with Gasteiger partial charge in [0.2, 0.25) is 0 Å². The van der Waals surface area contributed by atoms with Crippen LogP contribution in [-0.2, 0) is 23.0 Å². The first kappa shape index (κ1) is 22.2. The minimum Gasteiger partial charge on any atom is -0.306 e. The fourth-order valence-corrected chi connectivity index (χ4v) is 4.02. The number of rotatable bonds is 4. The third-order valence-corrected chi connectivity index (χ3v) is 5.57. The summed E-state index contributed by atoms with van der Waals surface area (Å²) in [6.45, 7) is 0. The summed E-state index contributed by atoms with van der Waals surface area (Å²) in [5.74, 6) is -1.18. The summed E-state index contributed by atoms with van der Waals surface area (Å²) in [6.07, 6.45) is -4.68. The van der Waals surface area contributed by atoms with Gasteiger partial charge in [-0.2, -0.15) is 13.2 Å². The summed E-state index contributed by atoms with van der Waals surface area (Å²) >= 11 is 4.82. The van der Waals surface area contributed by atoms with Crippen molar-refractivity contribution in [2.24, 2.45) is 0 Å². The molecule has 1 atom stereocenters. The fourth-order valence-electron chi connectivity index (χ4n) is 2.43. The van der Waals surface area contributed by atoms with Gasteiger partial charge in [0.1, 0.15) is 0 Å². The number of halogens is 4. The minimum absolute atomic E-state index is 0.0661. The van der Waals surface area contributed by atoms with E-state index in [0.717, 1.165) is 23.5 Å². The predicted octanol–water partition coefficient (Wildman–Crippen LogP) is 4.65. The summed E-state index contributed by atoms with van der Waals surface area (Å²) < 4.78 is 58.9. The highest BCUT2D eigenvalue weighted by Gasteiger charge is 2.31. The van der Waals surface area contributed by atoms with Gasteiger partial charge in [0.25, 0.3) is 5.91 Å². The van der Waals surface area contributed by atoms with E-state index in [4.69, 9.17) is 16.2 Å². The topological polar surface area (TPSA) is 108 Å². The molecule has 0 radical (unpaired) electrons. The molecule has 3 rings (SSSR count). The summed E-state index contributed by atoms with van der Waals surface area (Å²) in [5, 5.41) is 4.09. The standard InChI is InChI=1S/C17H11ClF3N3O4S2/c18-11-3-2-9(17(19,20)21)6-10(11)14(25)23-15(26)24-16-22-12-4-1-8(7-30(27)28)5-13(12)29-16/h1-6H,7H2,(H,27,28)(H2,22,23,24,25,26). The van der Waals surface area contributed by atoms with Crippen LogP contribution in [0.5, 0.6) is 0 Å². The average Bonchev–Trinajstić information content (AvgIpc) is 3.01. The molecular weight excluding hydrogens is 467 g/mol. The van der Waals surface area contributed by atoms with Crippen molar-refractivity contribution in [2.75, 3.05) is 5.32 Å². The average molecular weight is 478 g/mol. The molecule has 30 heavy (non-hydrogen) atoms. The Balaban J connectivity index is 1.72. The number of imide groups is 1. The Morgan fingerprint density at radius 1 is 1.20 bits per heavy atom. The summed E-state index contributed by atoms with van der Waals surface area (Å²) in [6, 6.07) is 6.03. The molecular formula is C17H11ClF3N3O4S2. The number of thiazole rings is 1. The zero-order valence-electron chi connectivity index (χ0n) is 14.6. The molecule has 1 heterocycles. The smallest absolute Gasteiger partial charge is 0.306 e. The third kappa shape index (κ3) is 5.33. The molecule has 3 amide bonds. The molecule has 0 spiro atoms. The first-order chi connectivity index (χ1) is 14.0. The number of nitrogens with zero attached hydrogens (tertiary/aromatic N) is 1. The second kappa shape index (κ2) is 8.68. The largest absolute Gasteiger partial charge is 0.416 e. The maximum atomic E-state index is 12.8. The Kier molecular flexibility index (Phi) is 6.41. The monoisotopic (exact) mass is 477 g/mol. The second-order valence-corrected chi connectivity index (χ2v) is 8.26. The number of benzene rings is 2. The van der Waals surface area contributed by atoms with Crippen LogP contribution < -0.4 is 10.6 Å². The van der Waals surface area contributed by atoms with Gasteiger partial charge in [0.15, 0.2) is 16.2 Å². The maximum absolute atomic E-state index is 12.8. The van der Waals surface area contributed by atoms with Crippen LogP contribution in [0.3, 0.4) is 0 Å². The lowest BCUT2D eigenvalue weighted by atomic mass is 10.1. The van der Waals surface area contributed by atoms with Crippen LogP contribution >= 0.6 is 22.9 Å². The fraction of sp³-hybridized carbons (Fsp3) is 0.118. The van der Waals surface area contributed by atoms with Gasteiger partial charge >= 0.3 is 12.2 Å². The zero-order chi connectivity index (χ0) is 22.1. The minimum atomic E-state index is -4.68. The van der Waals surface area contributed by atoms with E-state index in [-0.39, 0.29) is 15.9 Å². The van der Waals surface area contributed by atoms with Crippen LogP contribution in [-0.4, -0.2) is 25.7 Å². The number of alkyl halides is 3. The number of fused-ring (bicyclic) bond motifs is 1. The quantitative estimate of drug-likeness (QED) is 0.474. The number of aromatic nitrogens is 1. The lowest BCUT2D eigenvalue weighted by molar-refractivity contribution is -0.137. The van der Waals surface area contributed by atoms with Gasteiger partial charge in [-0.05, 0) is 35.9 Å². The molecule has 0 bridgehead atoms. The molecule has 1 unspecified atom stereocenters. The molecule has 2 aromatic carbocycles. The van der Waals surface area contributed by atoms with E-state index in [1.54, 1.807) is 18.2 Å². The van der Waals surface area contributed by atoms with Crippen LogP contribution in [0.2, 0.25) is 5.02 Å². The van der Waals surface area contributed by atoms with Gasteiger partial charge in [-0.15, -0.1) is 0 Å². The molecule has 0 aliphatic carbocycles. The zero-order valence-corrected chi connectivity index (χ0v) is 17.0. The van der Waals surface area contributed by atoms with E-state index in [1.807, 2.05) is 5.32 Å². The van der Waals surface area contributed by atoms with E-state index < -0.39 is 40.3 Å². The van der Waals surface area contributed by atoms with Crippen LogP contribution in [0.15, 0.2) is 36.4 Å². The second-order valence-electron chi connectivity index (χ2n) is 5.89. The highest BCUT2D eigenvalue weighted by Crippen LogP contribution is 2.32. The SMILES string of the molecule is O=C(NC(=O)c1cc(C(F)(F)F)ccc1Cl)Nc1nc2ccc(CS(=O)O)cc2s1. The van der Waals surface area contributed by atoms with Gasteiger partial charge in [-0.25, -0.2) is 14.0 Å². The molecule has 0 saturated carbocycles. The van der Waals surface area contributed by atoms with Crippen LogP contribution in [0.25, 0.3) is 10.2 Å². The Morgan fingerprint density at radius 3 is 2.60 bits per heavy atom. The van der Waals surface area contributed by atoms with Gasteiger partial charge in [-0.3, -0.25) is 15.4 Å². The number of hydrogen-bond donors (Lipinski definition) is 3. The van der Waals surface area contributed by atoms with E-state index in [2.05, 4.69) is 10.3 Å². The van der Waals surface area contributed by atoms with Crippen molar-refractivity contribution in [1.82, 2.24) is 10.3 Å². The van der Waals surface area contributed by atoms with Crippen LogP contribution in [0.4, 0.5) is 23.1 Å². The molecule has 0 saturated heterocycles. The Labute approximate surface area is 178 Å². The molecule has 1 aromatic heterocycles. The summed E-state index contributed by atoms with van der Waals surface area (Å²) in [4.78, 5) is 28.4. The number of amides is 3. The Morgan fingerprint density at radius 2 is 1.93 bits per heavy atom. The molecule has 158 valence electrons. The van der Waals surface area contributed by atoms with Crippen molar-refractivity contribution in [1.29, 1.82) is 0 Å². The van der Waals surface area contributed by atoms with Gasteiger partial charge < -0.3 is 4.55 Å². The van der Waals surface area contributed by atoms with Crippen molar-refractivity contribution in [3.05, 3.63) is 58.1 Å². The van der Waals surface area contributed by atoms with Crippen molar-refractivity contribution < 1.29 is 31.5 Å². The Bertz CT molecular complexity index is 1170. The molecule has 3 N–H and O–H groups in total. The normalized spacial score (nSPS) is 12.6. The Hall–Kier alpha value is -2.54. The van der Waals surface area contributed by atoms with Crippen LogP contribution in [0.1, 0.15) is 21.5 Å². The number of hydrogen-bond acceptors (Lipinski definition) is 5. The van der Waals surface area contributed by atoms with Crippen molar-refractivity contribution in [3.63, 3.8) is 0 Å².